The summed E-state index contributed by atoms with van der Waals surface area (Å²) in [5, 5.41) is 4.76. The van der Waals surface area contributed by atoms with E-state index in [0.717, 1.165) is 48.8 Å². The summed E-state index contributed by atoms with van der Waals surface area (Å²) >= 11 is 0. The Kier molecular flexibility index (Phi) is 5.59. The average Bonchev–Trinajstić information content (AvgIpc) is 3.49. The molecule has 0 radical (unpaired) electrons. The van der Waals surface area contributed by atoms with Crippen LogP contribution in [0.1, 0.15) is 47.7 Å². The van der Waals surface area contributed by atoms with Crippen molar-refractivity contribution in [2.75, 3.05) is 31.1 Å². The van der Waals surface area contributed by atoms with E-state index in [1.165, 1.54) is 25.0 Å². The molecular weight excluding hydrogens is 407 g/mol. The van der Waals surface area contributed by atoms with Crippen LogP contribution < -0.4 is 4.90 Å². The van der Waals surface area contributed by atoms with Crippen molar-refractivity contribution < 1.29 is 9.18 Å². The summed E-state index contributed by atoms with van der Waals surface area (Å²) in [6.45, 7) is 3.20. The normalized spacial score (nSPS) is 18.9. The molecule has 4 heterocycles. The predicted octanol–water partition coefficient (Wildman–Crippen LogP) is 3.64. The number of nitrogens with zero attached hydrogens (tertiary/aromatic N) is 6. The highest BCUT2D eigenvalue weighted by molar-refractivity contribution is 5.94. The zero-order chi connectivity index (χ0) is 22.1. The van der Waals surface area contributed by atoms with Crippen LogP contribution in [0, 0.1) is 5.82 Å². The third-order valence-corrected chi connectivity index (χ3v) is 6.33. The van der Waals surface area contributed by atoms with Crippen molar-refractivity contribution in [2.45, 2.75) is 31.6 Å². The third-order valence-electron chi connectivity index (χ3n) is 6.33. The summed E-state index contributed by atoms with van der Waals surface area (Å²) in [4.78, 5) is 26.3. The number of aromatic nitrogens is 4. The maximum atomic E-state index is 13.6. The minimum absolute atomic E-state index is 0.0997. The Morgan fingerprint density at radius 2 is 1.97 bits per heavy atom. The molecule has 1 amide bonds. The van der Waals surface area contributed by atoms with Gasteiger partial charge in [0.25, 0.3) is 5.91 Å². The Balaban J connectivity index is 1.41. The summed E-state index contributed by atoms with van der Waals surface area (Å²) in [7, 11) is 1.91. The van der Waals surface area contributed by atoms with Gasteiger partial charge in [-0.3, -0.25) is 9.48 Å². The topological polar surface area (TPSA) is 67.2 Å². The smallest absolute Gasteiger partial charge is 0.253 e. The highest BCUT2D eigenvalue weighted by atomic mass is 19.1. The fourth-order valence-electron chi connectivity index (χ4n) is 4.76. The maximum Gasteiger partial charge on any atom is 0.253 e. The van der Waals surface area contributed by atoms with Gasteiger partial charge in [0.15, 0.2) is 0 Å². The molecule has 0 bridgehead atoms. The molecule has 0 unspecified atom stereocenters. The van der Waals surface area contributed by atoms with Gasteiger partial charge in [-0.25, -0.2) is 14.4 Å². The van der Waals surface area contributed by atoms with Crippen LogP contribution >= 0.6 is 0 Å². The summed E-state index contributed by atoms with van der Waals surface area (Å²) in [5.74, 6) is 0.336. The number of halogens is 1. The van der Waals surface area contributed by atoms with E-state index in [1.54, 1.807) is 12.1 Å². The van der Waals surface area contributed by atoms with Gasteiger partial charge in [-0.2, -0.15) is 5.10 Å². The van der Waals surface area contributed by atoms with Gasteiger partial charge in [0.1, 0.15) is 5.82 Å². The fourth-order valence-corrected chi connectivity index (χ4v) is 4.76. The molecule has 0 saturated carbocycles. The molecule has 0 aliphatic carbocycles. The van der Waals surface area contributed by atoms with Gasteiger partial charge in [-0.15, -0.1) is 0 Å². The summed E-state index contributed by atoms with van der Waals surface area (Å²) in [6, 6.07) is 7.83. The first-order chi connectivity index (χ1) is 15.6. The monoisotopic (exact) mass is 434 g/mol. The van der Waals surface area contributed by atoms with Crippen molar-refractivity contribution in [1.29, 1.82) is 0 Å². The SMILES string of the molecule is Cn1cc(-c2ccnc(N3CCCC3)n2)c([C@H]2CCCN(C(=O)c3cccc(F)c3)C2)n1. The zero-order valence-corrected chi connectivity index (χ0v) is 18.2. The highest BCUT2D eigenvalue weighted by Crippen LogP contribution is 2.34. The molecule has 1 atom stereocenters. The predicted molar refractivity (Wildman–Crippen MR) is 120 cm³/mol. The van der Waals surface area contributed by atoms with Crippen molar-refractivity contribution >= 4 is 11.9 Å². The number of piperidine rings is 1. The first-order valence-electron chi connectivity index (χ1n) is 11.3. The first kappa shape index (κ1) is 20.6. The van der Waals surface area contributed by atoms with E-state index in [1.807, 2.05) is 35.1 Å². The van der Waals surface area contributed by atoms with Crippen LogP contribution in [0.25, 0.3) is 11.3 Å². The summed E-state index contributed by atoms with van der Waals surface area (Å²) in [5.41, 5.74) is 3.19. The van der Waals surface area contributed by atoms with Gasteiger partial charge >= 0.3 is 0 Å². The lowest BCUT2D eigenvalue weighted by atomic mass is 9.91. The van der Waals surface area contributed by atoms with Gasteiger partial charge in [0.05, 0.1) is 11.4 Å². The second kappa shape index (κ2) is 8.68. The van der Waals surface area contributed by atoms with Crippen molar-refractivity contribution in [1.82, 2.24) is 24.6 Å². The molecule has 0 N–H and O–H groups in total. The number of rotatable bonds is 4. The third kappa shape index (κ3) is 4.09. The molecule has 7 nitrogen and oxygen atoms in total. The molecule has 3 aromatic rings. The van der Waals surface area contributed by atoms with Crippen molar-refractivity contribution in [3.63, 3.8) is 0 Å². The van der Waals surface area contributed by atoms with E-state index in [0.29, 0.717) is 18.7 Å². The molecule has 5 rings (SSSR count). The number of amides is 1. The number of carbonyl (C=O) groups excluding carboxylic acids is 1. The van der Waals surface area contributed by atoms with Gasteiger partial charge in [-0.05, 0) is 49.9 Å². The lowest BCUT2D eigenvalue weighted by molar-refractivity contribution is 0.0705. The molecule has 32 heavy (non-hydrogen) atoms. The van der Waals surface area contributed by atoms with Gasteiger partial charge in [0.2, 0.25) is 5.95 Å². The van der Waals surface area contributed by atoms with Crippen LogP contribution in [0.3, 0.4) is 0 Å². The molecule has 2 aliphatic rings. The van der Waals surface area contributed by atoms with Crippen LogP contribution in [0.2, 0.25) is 0 Å². The lowest BCUT2D eigenvalue weighted by Crippen LogP contribution is -2.39. The van der Waals surface area contributed by atoms with Crippen LogP contribution in [0.4, 0.5) is 10.3 Å². The van der Waals surface area contributed by atoms with E-state index in [2.05, 4.69) is 9.88 Å². The van der Waals surface area contributed by atoms with E-state index < -0.39 is 5.82 Å². The van der Waals surface area contributed by atoms with Gasteiger partial charge in [0, 0.05) is 62.7 Å². The van der Waals surface area contributed by atoms with Crippen molar-refractivity contribution in [3.8, 4) is 11.3 Å². The van der Waals surface area contributed by atoms with E-state index in [9.17, 15) is 9.18 Å². The Bertz CT molecular complexity index is 1120. The van der Waals surface area contributed by atoms with Gasteiger partial charge < -0.3 is 9.80 Å². The van der Waals surface area contributed by atoms with Crippen LogP contribution in [-0.2, 0) is 7.05 Å². The second-order valence-electron chi connectivity index (χ2n) is 8.64. The maximum absolute atomic E-state index is 13.6. The fraction of sp³-hybridized carbons (Fsp3) is 0.417. The Morgan fingerprint density at radius 1 is 1.12 bits per heavy atom. The minimum atomic E-state index is -0.394. The quantitative estimate of drug-likeness (QED) is 0.627. The average molecular weight is 435 g/mol. The number of hydrogen-bond donors (Lipinski definition) is 0. The number of carbonyl (C=O) groups is 1. The molecule has 2 saturated heterocycles. The number of hydrogen-bond acceptors (Lipinski definition) is 5. The standard InChI is InChI=1S/C24H27FN6O/c1-29-16-20(21-9-10-26-24(27-21)30-11-2-3-12-30)22(28-29)18-7-5-13-31(15-18)23(32)17-6-4-8-19(25)14-17/h4,6,8-10,14,16,18H,2-3,5,7,11-13,15H2,1H3/t18-/m0/s1. The molecular formula is C24H27FN6O. The lowest BCUT2D eigenvalue weighted by Gasteiger charge is -2.32. The summed E-state index contributed by atoms with van der Waals surface area (Å²) < 4.78 is 15.4. The molecule has 2 aromatic heterocycles. The molecule has 166 valence electrons. The number of aryl methyl sites for hydroxylation is 1. The Hall–Kier alpha value is -3.29. The number of benzene rings is 1. The van der Waals surface area contributed by atoms with E-state index in [-0.39, 0.29) is 11.8 Å². The van der Waals surface area contributed by atoms with Gasteiger partial charge in [-0.1, -0.05) is 6.07 Å². The molecule has 2 aliphatic heterocycles. The minimum Gasteiger partial charge on any atom is -0.341 e. The zero-order valence-electron chi connectivity index (χ0n) is 18.2. The largest absolute Gasteiger partial charge is 0.341 e. The van der Waals surface area contributed by atoms with E-state index in [4.69, 9.17) is 10.1 Å². The Morgan fingerprint density at radius 3 is 2.78 bits per heavy atom. The van der Waals surface area contributed by atoms with Crippen LogP contribution in [0.15, 0.2) is 42.7 Å². The van der Waals surface area contributed by atoms with Crippen LogP contribution in [0.5, 0.6) is 0 Å². The highest BCUT2D eigenvalue weighted by Gasteiger charge is 2.30. The Labute approximate surface area is 186 Å². The number of anilines is 1. The first-order valence-corrected chi connectivity index (χ1v) is 11.3. The summed E-state index contributed by atoms with van der Waals surface area (Å²) in [6.07, 6.45) is 7.98. The van der Waals surface area contributed by atoms with E-state index >= 15 is 0 Å². The van der Waals surface area contributed by atoms with Crippen molar-refractivity contribution in [2.24, 2.45) is 7.05 Å². The molecule has 0 spiro atoms. The van der Waals surface area contributed by atoms with Crippen molar-refractivity contribution in [3.05, 3.63) is 59.8 Å². The number of likely N-dealkylation sites (tertiary alicyclic amines) is 1. The second-order valence-corrected chi connectivity index (χ2v) is 8.64. The molecule has 2 fully saturated rings. The van der Waals surface area contributed by atoms with Crippen LogP contribution in [-0.4, -0.2) is 56.7 Å². The molecule has 1 aromatic carbocycles. The molecule has 8 heteroatoms.